The SMILES string of the molecule is CN1C(=O)OC(c2ccccc2)c2cc([N+](=O)[O-])ccc21. The van der Waals surface area contributed by atoms with Gasteiger partial charge in [0.2, 0.25) is 0 Å². The van der Waals surface area contributed by atoms with Gasteiger partial charge >= 0.3 is 6.09 Å². The maximum absolute atomic E-state index is 11.9. The standard InChI is InChI=1S/C15H12N2O4/c1-16-13-8-7-11(17(19)20)9-12(13)14(21-15(16)18)10-5-3-2-4-6-10/h2-9,14H,1H3. The van der Waals surface area contributed by atoms with Crippen molar-refractivity contribution >= 4 is 17.5 Å². The van der Waals surface area contributed by atoms with Gasteiger partial charge in [-0.1, -0.05) is 30.3 Å². The third-order valence-electron chi connectivity index (χ3n) is 3.46. The number of nitro groups is 1. The molecule has 1 unspecified atom stereocenters. The first kappa shape index (κ1) is 13.1. The van der Waals surface area contributed by atoms with Gasteiger partial charge in [-0.25, -0.2) is 4.79 Å². The van der Waals surface area contributed by atoms with Gasteiger partial charge in [-0.3, -0.25) is 15.0 Å². The quantitative estimate of drug-likeness (QED) is 0.626. The lowest BCUT2D eigenvalue weighted by Gasteiger charge is -2.31. The number of ether oxygens (including phenoxy) is 1. The highest BCUT2D eigenvalue weighted by atomic mass is 16.6. The van der Waals surface area contributed by atoms with E-state index in [9.17, 15) is 14.9 Å². The molecule has 1 heterocycles. The van der Waals surface area contributed by atoms with Gasteiger partial charge in [0, 0.05) is 24.7 Å². The van der Waals surface area contributed by atoms with Crippen LogP contribution in [0.25, 0.3) is 0 Å². The van der Waals surface area contributed by atoms with Crippen molar-refractivity contribution in [1.29, 1.82) is 0 Å². The summed E-state index contributed by atoms with van der Waals surface area (Å²) in [4.78, 5) is 23.8. The van der Waals surface area contributed by atoms with E-state index in [2.05, 4.69) is 0 Å². The summed E-state index contributed by atoms with van der Waals surface area (Å²) in [5.41, 5.74) is 1.98. The first-order chi connectivity index (χ1) is 10.1. The number of carbonyl (C=O) groups excluding carboxylic acids is 1. The van der Waals surface area contributed by atoms with Crippen molar-refractivity contribution in [2.75, 3.05) is 11.9 Å². The second-order valence-electron chi connectivity index (χ2n) is 4.73. The molecule has 3 rings (SSSR count). The van der Waals surface area contributed by atoms with E-state index in [1.54, 1.807) is 13.1 Å². The third kappa shape index (κ3) is 2.20. The van der Waals surface area contributed by atoms with Crippen LogP contribution in [0.2, 0.25) is 0 Å². The molecule has 0 saturated heterocycles. The van der Waals surface area contributed by atoms with E-state index < -0.39 is 17.1 Å². The lowest BCUT2D eigenvalue weighted by atomic mass is 9.97. The van der Waals surface area contributed by atoms with Crippen molar-refractivity contribution in [2.24, 2.45) is 0 Å². The Labute approximate surface area is 120 Å². The number of cyclic esters (lactones) is 1. The summed E-state index contributed by atoms with van der Waals surface area (Å²) in [6, 6.07) is 13.6. The van der Waals surface area contributed by atoms with Crippen molar-refractivity contribution < 1.29 is 14.5 Å². The number of fused-ring (bicyclic) bond motifs is 1. The Hall–Kier alpha value is -2.89. The molecule has 2 aromatic rings. The van der Waals surface area contributed by atoms with Crippen LogP contribution in [0, 0.1) is 10.1 Å². The van der Waals surface area contributed by atoms with E-state index in [0.29, 0.717) is 11.3 Å². The van der Waals surface area contributed by atoms with Gasteiger partial charge in [0.05, 0.1) is 10.6 Å². The van der Waals surface area contributed by atoms with Crippen LogP contribution in [0.1, 0.15) is 17.2 Å². The number of non-ortho nitro benzene ring substituents is 1. The van der Waals surface area contributed by atoms with Crippen LogP contribution in [-0.4, -0.2) is 18.1 Å². The topological polar surface area (TPSA) is 72.7 Å². The number of benzene rings is 2. The highest BCUT2D eigenvalue weighted by Crippen LogP contribution is 2.39. The average Bonchev–Trinajstić information content (AvgIpc) is 2.51. The lowest BCUT2D eigenvalue weighted by Crippen LogP contribution is -2.34. The molecule has 0 N–H and O–H groups in total. The Morgan fingerprint density at radius 1 is 1.19 bits per heavy atom. The molecule has 1 amide bonds. The van der Waals surface area contributed by atoms with E-state index in [-0.39, 0.29) is 5.69 Å². The van der Waals surface area contributed by atoms with Gasteiger partial charge in [-0.05, 0) is 11.6 Å². The highest BCUT2D eigenvalue weighted by molar-refractivity contribution is 5.91. The second kappa shape index (κ2) is 4.90. The summed E-state index contributed by atoms with van der Waals surface area (Å²) >= 11 is 0. The Kier molecular flexibility index (Phi) is 3.06. The molecule has 0 spiro atoms. The second-order valence-corrected chi connectivity index (χ2v) is 4.73. The first-order valence-electron chi connectivity index (χ1n) is 6.35. The molecule has 106 valence electrons. The summed E-state index contributed by atoms with van der Waals surface area (Å²) < 4.78 is 5.41. The number of anilines is 1. The highest BCUT2D eigenvalue weighted by Gasteiger charge is 2.32. The molecule has 0 radical (unpaired) electrons. The predicted molar refractivity (Wildman–Crippen MR) is 76.3 cm³/mol. The van der Waals surface area contributed by atoms with Crippen molar-refractivity contribution in [3.8, 4) is 0 Å². The molecule has 1 aliphatic rings. The molecule has 0 fully saturated rings. The van der Waals surface area contributed by atoms with Gasteiger partial charge in [0.1, 0.15) is 0 Å². The number of nitrogens with zero attached hydrogens (tertiary/aromatic N) is 2. The zero-order valence-corrected chi connectivity index (χ0v) is 11.2. The lowest BCUT2D eigenvalue weighted by molar-refractivity contribution is -0.385. The van der Waals surface area contributed by atoms with Gasteiger partial charge in [-0.2, -0.15) is 0 Å². The molecule has 21 heavy (non-hydrogen) atoms. The van der Waals surface area contributed by atoms with Gasteiger partial charge in [-0.15, -0.1) is 0 Å². The molecule has 1 aliphatic heterocycles. The van der Waals surface area contributed by atoms with Crippen molar-refractivity contribution in [3.63, 3.8) is 0 Å². The minimum absolute atomic E-state index is 0.0268. The molecule has 0 aliphatic carbocycles. The summed E-state index contributed by atoms with van der Waals surface area (Å²) in [7, 11) is 1.58. The number of carbonyl (C=O) groups is 1. The maximum atomic E-state index is 11.9. The minimum Gasteiger partial charge on any atom is -0.436 e. The Balaban J connectivity index is 2.16. The number of hydrogen-bond acceptors (Lipinski definition) is 4. The number of nitro benzene ring substituents is 1. The van der Waals surface area contributed by atoms with E-state index >= 15 is 0 Å². The summed E-state index contributed by atoms with van der Waals surface area (Å²) in [6.45, 7) is 0. The summed E-state index contributed by atoms with van der Waals surface area (Å²) in [6.07, 6.45) is -1.12. The molecule has 0 aromatic heterocycles. The van der Waals surface area contributed by atoms with Crippen molar-refractivity contribution in [2.45, 2.75) is 6.10 Å². The molecular formula is C15H12N2O4. The molecule has 6 nitrogen and oxygen atoms in total. The normalized spacial score (nSPS) is 17.1. The van der Waals surface area contributed by atoms with Crippen molar-refractivity contribution in [3.05, 3.63) is 69.8 Å². The fraction of sp³-hybridized carbons (Fsp3) is 0.133. The van der Waals surface area contributed by atoms with Crippen LogP contribution in [0.4, 0.5) is 16.2 Å². The molecule has 0 bridgehead atoms. The Bertz CT molecular complexity index is 715. The van der Waals surface area contributed by atoms with Crippen molar-refractivity contribution in [1.82, 2.24) is 0 Å². The smallest absolute Gasteiger partial charge is 0.414 e. The monoisotopic (exact) mass is 284 g/mol. The van der Waals surface area contributed by atoms with Crippen LogP contribution in [0.5, 0.6) is 0 Å². The average molecular weight is 284 g/mol. The Morgan fingerprint density at radius 3 is 2.57 bits per heavy atom. The van der Waals surface area contributed by atoms with Gasteiger partial charge in [0.15, 0.2) is 6.10 Å². The number of hydrogen-bond donors (Lipinski definition) is 0. The zero-order valence-electron chi connectivity index (χ0n) is 11.2. The molecule has 6 heteroatoms. The molecule has 1 atom stereocenters. The number of amides is 1. The molecule has 2 aromatic carbocycles. The fourth-order valence-electron chi connectivity index (χ4n) is 2.39. The summed E-state index contributed by atoms with van der Waals surface area (Å²) in [5, 5.41) is 11.0. The third-order valence-corrected chi connectivity index (χ3v) is 3.46. The van der Waals surface area contributed by atoms with Crippen LogP contribution in [-0.2, 0) is 4.74 Å². The zero-order chi connectivity index (χ0) is 15.0. The van der Waals surface area contributed by atoms with Crippen LogP contribution in [0.3, 0.4) is 0 Å². The largest absolute Gasteiger partial charge is 0.436 e. The van der Waals surface area contributed by atoms with E-state index in [0.717, 1.165) is 5.56 Å². The summed E-state index contributed by atoms with van der Waals surface area (Å²) in [5.74, 6) is 0. The van der Waals surface area contributed by atoms with E-state index in [4.69, 9.17) is 4.74 Å². The van der Waals surface area contributed by atoms with Crippen LogP contribution in [0.15, 0.2) is 48.5 Å². The number of rotatable bonds is 2. The maximum Gasteiger partial charge on any atom is 0.414 e. The molecular weight excluding hydrogens is 272 g/mol. The first-order valence-corrected chi connectivity index (χ1v) is 6.35. The minimum atomic E-state index is -0.634. The van der Waals surface area contributed by atoms with Gasteiger partial charge < -0.3 is 4.74 Å². The fourth-order valence-corrected chi connectivity index (χ4v) is 2.39. The van der Waals surface area contributed by atoms with E-state index in [1.165, 1.54) is 17.0 Å². The molecule has 0 saturated carbocycles. The van der Waals surface area contributed by atoms with Crippen LogP contribution >= 0.6 is 0 Å². The van der Waals surface area contributed by atoms with Gasteiger partial charge in [0.25, 0.3) is 5.69 Å². The van der Waals surface area contributed by atoms with Crippen LogP contribution < -0.4 is 4.90 Å². The Morgan fingerprint density at radius 2 is 1.90 bits per heavy atom. The van der Waals surface area contributed by atoms with E-state index in [1.807, 2.05) is 30.3 Å². The predicted octanol–water partition coefficient (Wildman–Crippen LogP) is 3.27.